The zero-order valence-corrected chi connectivity index (χ0v) is 14.1. The van der Waals surface area contributed by atoms with Gasteiger partial charge in [-0.3, -0.25) is 0 Å². The SMILES string of the molecule is Clc1ccccc1CC(Br)c1cc(Br)c(Cl)s1. The average molecular weight is 415 g/mol. The number of hydrogen-bond acceptors (Lipinski definition) is 1. The summed E-state index contributed by atoms with van der Waals surface area (Å²) in [5.41, 5.74) is 1.14. The zero-order valence-electron chi connectivity index (χ0n) is 8.59. The molecule has 0 radical (unpaired) electrons. The fourth-order valence-electron chi connectivity index (χ4n) is 1.48. The summed E-state index contributed by atoms with van der Waals surface area (Å²) in [5.74, 6) is 0. The van der Waals surface area contributed by atoms with Gasteiger partial charge in [-0.05, 0) is 40.0 Å². The molecule has 1 aromatic carbocycles. The molecule has 2 aromatic rings. The maximum absolute atomic E-state index is 6.14. The topological polar surface area (TPSA) is 0 Å². The second kappa shape index (κ2) is 6.07. The van der Waals surface area contributed by atoms with E-state index in [0.717, 1.165) is 25.8 Å². The molecule has 0 spiro atoms. The first-order valence-electron chi connectivity index (χ1n) is 4.90. The van der Waals surface area contributed by atoms with Gasteiger partial charge in [-0.15, -0.1) is 11.3 Å². The molecule has 90 valence electrons. The normalized spacial score (nSPS) is 12.7. The van der Waals surface area contributed by atoms with Gasteiger partial charge in [0.1, 0.15) is 4.34 Å². The number of rotatable bonds is 3. The van der Waals surface area contributed by atoms with Crippen molar-refractivity contribution in [2.24, 2.45) is 0 Å². The highest BCUT2D eigenvalue weighted by Gasteiger charge is 2.14. The Labute approximate surface area is 131 Å². The fourth-order valence-corrected chi connectivity index (χ4v) is 4.16. The van der Waals surface area contributed by atoms with Gasteiger partial charge in [-0.1, -0.05) is 57.3 Å². The molecule has 0 aliphatic heterocycles. The van der Waals surface area contributed by atoms with E-state index in [0.29, 0.717) is 0 Å². The monoisotopic (exact) mass is 412 g/mol. The van der Waals surface area contributed by atoms with Gasteiger partial charge in [-0.2, -0.15) is 0 Å². The summed E-state index contributed by atoms with van der Waals surface area (Å²) in [6, 6.07) is 9.93. The van der Waals surface area contributed by atoms with Crippen LogP contribution in [0.3, 0.4) is 0 Å². The van der Waals surface area contributed by atoms with E-state index < -0.39 is 0 Å². The van der Waals surface area contributed by atoms with Crippen molar-refractivity contribution >= 4 is 66.4 Å². The van der Waals surface area contributed by atoms with E-state index in [1.165, 1.54) is 4.88 Å². The van der Waals surface area contributed by atoms with E-state index in [1.54, 1.807) is 11.3 Å². The molecule has 1 heterocycles. The van der Waals surface area contributed by atoms with Gasteiger partial charge >= 0.3 is 0 Å². The van der Waals surface area contributed by atoms with Crippen molar-refractivity contribution in [2.75, 3.05) is 0 Å². The third-order valence-electron chi connectivity index (χ3n) is 2.33. The molecule has 1 unspecified atom stereocenters. The van der Waals surface area contributed by atoms with Crippen molar-refractivity contribution in [3.05, 3.63) is 54.6 Å². The van der Waals surface area contributed by atoms with Crippen LogP contribution in [0.4, 0.5) is 0 Å². The molecule has 0 saturated carbocycles. The fraction of sp³-hybridized carbons (Fsp3) is 0.167. The van der Waals surface area contributed by atoms with E-state index in [2.05, 4.69) is 31.9 Å². The Hall–Kier alpha value is 0.460. The summed E-state index contributed by atoms with van der Waals surface area (Å²) in [4.78, 5) is 1.43. The summed E-state index contributed by atoms with van der Waals surface area (Å²) >= 11 is 20.8. The van der Waals surface area contributed by atoms with Gasteiger partial charge < -0.3 is 0 Å². The molecule has 0 saturated heterocycles. The Kier molecular flexibility index (Phi) is 4.96. The number of alkyl halides is 1. The molecule has 0 amide bonds. The predicted octanol–water partition coefficient (Wildman–Crippen LogP) is 6.50. The van der Waals surface area contributed by atoms with Crippen LogP contribution in [0.15, 0.2) is 34.8 Å². The molecule has 2 rings (SSSR count). The highest BCUT2D eigenvalue weighted by atomic mass is 79.9. The van der Waals surface area contributed by atoms with Crippen LogP contribution in [-0.4, -0.2) is 0 Å². The molecular weight excluding hydrogens is 407 g/mol. The molecule has 0 aliphatic carbocycles. The Morgan fingerprint density at radius 1 is 1.24 bits per heavy atom. The van der Waals surface area contributed by atoms with Crippen molar-refractivity contribution in [1.29, 1.82) is 0 Å². The minimum Gasteiger partial charge on any atom is -0.126 e. The lowest BCUT2D eigenvalue weighted by atomic mass is 10.1. The highest BCUT2D eigenvalue weighted by Crippen LogP contribution is 2.40. The van der Waals surface area contributed by atoms with Crippen LogP contribution < -0.4 is 0 Å². The number of thiophene rings is 1. The van der Waals surface area contributed by atoms with Gasteiger partial charge in [-0.25, -0.2) is 0 Å². The quantitative estimate of drug-likeness (QED) is 0.503. The number of halogens is 4. The molecule has 0 nitrogen and oxygen atoms in total. The van der Waals surface area contributed by atoms with Crippen LogP contribution >= 0.6 is 66.4 Å². The number of benzene rings is 1. The van der Waals surface area contributed by atoms with Crippen molar-refractivity contribution in [3.63, 3.8) is 0 Å². The van der Waals surface area contributed by atoms with Gasteiger partial charge in [0, 0.05) is 14.4 Å². The van der Waals surface area contributed by atoms with Crippen molar-refractivity contribution in [1.82, 2.24) is 0 Å². The van der Waals surface area contributed by atoms with Crippen LogP contribution in [-0.2, 0) is 6.42 Å². The maximum atomic E-state index is 6.14. The molecule has 1 atom stereocenters. The first kappa shape index (κ1) is 13.9. The lowest BCUT2D eigenvalue weighted by Gasteiger charge is -2.08. The van der Waals surface area contributed by atoms with Crippen LogP contribution in [0.5, 0.6) is 0 Å². The Morgan fingerprint density at radius 3 is 2.53 bits per heavy atom. The summed E-state index contributed by atoms with van der Waals surface area (Å²) in [6.45, 7) is 0. The summed E-state index contributed by atoms with van der Waals surface area (Å²) in [7, 11) is 0. The van der Waals surface area contributed by atoms with Gasteiger partial charge in [0.15, 0.2) is 0 Å². The lowest BCUT2D eigenvalue weighted by Crippen LogP contribution is -1.93. The molecule has 0 aliphatic rings. The first-order valence-corrected chi connectivity index (χ1v) is 8.18. The molecule has 1 aromatic heterocycles. The van der Waals surface area contributed by atoms with Crippen molar-refractivity contribution in [2.45, 2.75) is 11.2 Å². The molecule has 5 heteroatoms. The standard InChI is InChI=1S/C12H8Br2Cl2S/c13-8(11-6-9(14)12(16)17-11)5-7-3-1-2-4-10(7)15/h1-4,6,8H,5H2. The van der Waals surface area contributed by atoms with Crippen LogP contribution in [0.2, 0.25) is 9.36 Å². The van der Waals surface area contributed by atoms with Gasteiger partial charge in [0.05, 0.1) is 4.83 Å². The van der Waals surface area contributed by atoms with Crippen LogP contribution in [0, 0.1) is 0 Å². The second-order valence-corrected chi connectivity index (χ2v) is 7.59. The summed E-state index contributed by atoms with van der Waals surface area (Å²) in [5, 5.41) is 0.804. The van der Waals surface area contributed by atoms with Gasteiger partial charge in [0.25, 0.3) is 0 Å². The molecular formula is C12H8Br2Cl2S. The third kappa shape index (κ3) is 3.48. The highest BCUT2D eigenvalue weighted by molar-refractivity contribution is 9.10. The van der Waals surface area contributed by atoms with Crippen LogP contribution in [0.25, 0.3) is 0 Å². The predicted molar refractivity (Wildman–Crippen MR) is 83.9 cm³/mol. The Morgan fingerprint density at radius 2 is 1.94 bits per heavy atom. The Balaban J connectivity index is 2.17. The van der Waals surface area contributed by atoms with E-state index in [1.807, 2.05) is 30.3 Å². The third-order valence-corrected chi connectivity index (χ3v) is 6.41. The zero-order chi connectivity index (χ0) is 12.4. The van der Waals surface area contributed by atoms with Gasteiger partial charge in [0.2, 0.25) is 0 Å². The largest absolute Gasteiger partial charge is 0.126 e. The molecule has 0 bridgehead atoms. The minimum atomic E-state index is 0.233. The molecule has 0 N–H and O–H groups in total. The molecule has 17 heavy (non-hydrogen) atoms. The number of hydrogen-bond donors (Lipinski definition) is 0. The second-order valence-electron chi connectivity index (χ2n) is 3.53. The van der Waals surface area contributed by atoms with E-state index in [4.69, 9.17) is 23.2 Å². The summed E-state index contributed by atoms with van der Waals surface area (Å²) in [6.07, 6.45) is 0.850. The van der Waals surface area contributed by atoms with Crippen molar-refractivity contribution < 1.29 is 0 Å². The smallest absolute Gasteiger partial charge is 0.107 e. The van der Waals surface area contributed by atoms with E-state index in [-0.39, 0.29) is 4.83 Å². The minimum absolute atomic E-state index is 0.233. The molecule has 0 fully saturated rings. The van der Waals surface area contributed by atoms with E-state index >= 15 is 0 Å². The first-order chi connectivity index (χ1) is 8.08. The lowest BCUT2D eigenvalue weighted by molar-refractivity contribution is 0.969. The average Bonchev–Trinajstić information content (AvgIpc) is 2.63. The maximum Gasteiger partial charge on any atom is 0.107 e. The van der Waals surface area contributed by atoms with E-state index in [9.17, 15) is 0 Å². The summed E-state index contributed by atoms with van der Waals surface area (Å²) < 4.78 is 1.73. The van der Waals surface area contributed by atoms with Crippen LogP contribution in [0.1, 0.15) is 15.3 Å². The Bertz CT molecular complexity index is 505. The van der Waals surface area contributed by atoms with Crippen molar-refractivity contribution in [3.8, 4) is 0 Å².